The van der Waals surface area contributed by atoms with Gasteiger partial charge in [0.2, 0.25) is 10.0 Å². The molecule has 0 heterocycles. The SMILES string of the molecule is CCNC(=NCc1ccccc1OC)NCCCN(C)S(=O)(=O)CC.I. The van der Waals surface area contributed by atoms with Gasteiger partial charge in [0, 0.05) is 32.2 Å². The molecule has 2 N–H and O–H groups in total. The summed E-state index contributed by atoms with van der Waals surface area (Å²) in [6, 6.07) is 7.78. The van der Waals surface area contributed by atoms with Gasteiger partial charge in [-0.3, -0.25) is 0 Å². The molecule has 9 heteroatoms. The smallest absolute Gasteiger partial charge is 0.213 e. The second-order valence-corrected chi connectivity index (χ2v) is 7.87. The van der Waals surface area contributed by atoms with Gasteiger partial charge >= 0.3 is 0 Å². The van der Waals surface area contributed by atoms with Crippen LogP contribution in [0.4, 0.5) is 0 Å². The maximum atomic E-state index is 11.7. The largest absolute Gasteiger partial charge is 0.496 e. The third kappa shape index (κ3) is 8.54. The molecule has 0 radical (unpaired) electrons. The highest BCUT2D eigenvalue weighted by atomic mass is 127. The van der Waals surface area contributed by atoms with E-state index in [1.54, 1.807) is 21.1 Å². The lowest BCUT2D eigenvalue weighted by Gasteiger charge is -2.17. The Morgan fingerprint density at radius 2 is 1.92 bits per heavy atom. The van der Waals surface area contributed by atoms with E-state index in [2.05, 4.69) is 15.6 Å². The van der Waals surface area contributed by atoms with Crippen LogP contribution in [0.2, 0.25) is 0 Å². The summed E-state index contributed by atoms with van der Waals surface area (Å²) in [7, 11) is 0.139. The number of hydrogen-bond acceptors (Lipinski definition) is 4. The highest BCUT2D eigenvalue weighted by molar-refractivity contribution is 14.0. The topological polar surface area (TPSA) is 83.0 Å². The lowest BCUT2D eigenvalue weighted by atomic mass is 10.2. The van der Waals surface area contributed by atoms with E-state index in [1.807, 2.05) is 31.2 Å². The Labute approximate surface area is 174 Å². The van der Waals surface area contributed by atoms with Crippen LogP contribution in [-0.2, 0) is 16.6 Å². The molecule has 0 aromatic heterocycles. The van der Waals surface area contributed by atoms with Crippen molar-refractivity contribution >= 4 is 40.0 Å². The Bertz CT molecular complexity index is 653. The van der Waals surface area contributed by atoms with Gasteiger partial charge in [0.15, 0.2) is 5.96 Å². The van der Waals surface area contributed by atoms with E-state index < -0.39 is 10.0 Å². The molecule has 26 heavy (non-hydrogen) atoms. The molecular formula is C17H31IN4O3S. The Balaban J connectivity index is 0.00000625. The maximum absolute atomic E-state index is 11.7. The van der Waals surface area contributed by atoms with Crippen molar-refractivity contribution in [1.82, 2.24) is 14.9 Å². The van der Waals surface area contributed by atoms with Crippen molar-refractivity contribution < 1.29 is 13.2 Å². The zero-order chi connectivity index (χ0) is 18.7. The standard InChI is InChI=1S/C17H30N4O3S.HI/c1-5-18-17(19-12-9-13-21(3)25(22,23)6-2)20-14-15-10-7-8-11-16(15)24-4;/h7-8,10-11H,5-6,9,12-14H2,1-4H3,(H2,18,19,20);1H. The average molecular weight is 498 g/mol. The molecule has 0 saturated heterocycles. The minimum atomic E-state index is -3.12. The van der Waals surface area contributed by atoms with Crippen LogP contribution in [0.25, 0.3) is 0 Å². The van der Waals surface area contributed by atoms with E-state index in [0.717, 1.165) is 17.9 Å². The zero-order valence-electron chi connectivity index (χ0n) is 16.0. The van der Waals surface area contributed by atoms with E-state index in [1.165, 1.54) is 4.31 Å². The van der Waals surface area contributed by atoms with Crippen LogP contribution in [0.1, 0.15) is 25.8 Å². The number of methoxy groups -OCH3 is 1. The summed E-state index contributed by atoms with van der Waals surface area (Å²) < 4.78 is 30.1. The zero-order valence-corrected chi connectivity index (χ0v) is 19.1. The molecule has 0 aliphatic carbocycles. The third-order valence-corrected chi connectivity index (χ3v) is 5.59. The molecule has 1 aromatic carbocycles. The fraction of sp³-hybridized carbons (Fsp3) is 0.588. The number of nitrogens with one attached hydrogen (secondary N) is 2. The number of rotatable bonds is 10. The first-order valence-corrected chi connectivity index (χ1v) is 10.1. The Morgan fingerprint density at radius 1 is 1.23 bits per heavy atom. The molecule has 0 spiro atoms. The summed E-state index contributed by atoms with van der Waals surface area (Å²) in [5.74, 6) is 1.64. The van der Waals surface area contributed by atoms with Gasteiger partial charge in [-0.05, 0) is 26.3 Å². The van der Waals surface area contributed by atoms with Crippen molar-refractivity contribution in [1.29, 1.82) is 0 Å². The summed E-state index contributed by atoms with van der Waals surface area (Å²) in [5.41, 5.74) is 1.01. The number of benzene rings is 1. The first-order valence-electron chi connectivity index (χ1n) is 8.52. The monoisotopic (exact) mass is 498 g/mol. The highest BCUT2D eigenvalue weighted by Gasteiger charge is 2.13. The van der Waals surface area contributed by atoms with Crippen molar-refractivity contribution in [3.8, 4) is 5.75 Å². The molecule has 0 aliphatic rings. The molecule has 1 aromatic rings. The number of ether oxygens (including phenoxy) is 1. The number of guanidine groups is 1. The normalized spacial score (nSPS) is 11.8. The van der Waals surface area contributed by atoms with Gasteiger partial charge in [-0.15, -0.1) is 24.0 Å². The van der Waals surface area contributed by atoms with Crippen LogP contribution in [0.15, 0.2) is 29.3 Å². The quantitative estimate of drug-likeness (QED) is 0.223. The van der Waals surface area contributed by atoms with Gasteiger partial charge in [0.25, 0.3) is 0 Å². The van der Waals surface area contributed by atoms with Gasteiger partial charge in [-0.25, -0.2) is 17.7 Å². The third-order valence-electron chi connectivity index (χ3n) is 3.73. The first-order chi connectivity index (χ1) is 11.9. The molecule has 1 rings (SSSR count). The number of hydrogen-bond donors (Lipinski definition) is 2. The van der Waals surface area contributed by atoms with Crippen molar-refractivity contribution in [3.05, 3.63) is 29.8 Å². The Kier molecular flexibility index (Phi) is 12.6. The molecule has 0 saturated carbocycles. The van der Waals surface area contributed by atoms with Gasteiger partial charge in [-0.1, -0.05) is 18.2 Å². The maximum Gasteiger partial charge on any atom is 0.213 e. The molecule has 0 unspecified atom stereocenters. The van der Waals surface area contributed by atoms with E-state index in [-0.39, 0.29) is 29.7 Å². The van der Waals surface area contributed by atoms with Gasteiger partial charge in [0.05, 0.1) is 19.4 Å². The fourth-order valence-electron chi connectivity index (χ4n) is 2.21. The van der Waals surface area contributed by atoms with Crippen molar-refractivity contribution in [3.63, 3.8) is 0 Å². The van der Waals surface area contributed by atoms with E-state index >= 15 is 0 Å². The molecular weight excluding hydrogens is 467 g/mol. The predicted molar refractivity (Wildman–Crippen MR) is 118 cm³/mol. The molecule has 0 aliphatic heterocycles. The van der Waals surface area contributed by atoms with E-state index in [0.29, 0.717) is 32.0 Å². The molecule has 0 atom stereocenters. The average Bonchev–Trinajstić information content (AvgIpc) is 2.62. The summed E-state index contributed by atoms with van der Waals surface area (Å²) in [6.07, 6.45) is 0.703. The van der Waals surface area contributed by atoms with Crippen LogP contribution >= 0.6 is 24.0 Å². The minimum Gasteiger partial charge on any atom is -0.496 e. The van der Waals surface area contributed by atoms with Crippen LogP contribution in [-0.4, -0.2) is 58.2 Å². The summed E-state index contributed by atoms with van der Waals surface area (Å²) in [5, 5.41) is 6.42. The molecule has 0 amide bonds. The Hall–Kier alpha value is -1.07. The number of halogens is 1. The number of aliphatic imine (C=N–C) groups is 1. The second-order valence-electron chi connectivity index (χ2n) is 5.51. The second kappa shape index (κ2) is 13.2. The highest BCUT2D eigenvalue weighted by Crippen LogP contribution is 2.17. The lowest BCUT2D eigenvalue weighted by Crippen LogP contribution is -2.39. The van der Waals surface area contributed by atoms with Crippen molar-refractivity contribution in [2.75, 3.05) is 39.5 Å². The van der Waals surface area contributed by atoms with Crippen LogP contribution in [0.3, 0.4) is 0 Å². The first kappa shape index (κ1) is 24.9. The number of para-hydroxylation sites is 1. The summed E-state index contributed by atoms with van der Waals surface area (Å²) in [4.78, 5) is 4.56. The molecule has 0 fully saturated rings. The Morgan fingerprint density at radius 3 is 2.54 bits per heavy atom. The summed E-state index contributed by atoms with van der Waals surface area (Å²) >= 11 is 0. The van der Waals surface area contributed by atoms with Crippen LogP contribution in [0.5, 0.6) is 5.75 Å². The predicted octanol–water partition coefficient (Wildman–Crippen LogP) is 2.04. The lowest BCUT2D eigenvalue weighted by molar-refractivity contribution is 0.410. The summed E-state index contributed by atoms with van der Waals surface area (Å²) in [6.45, 7) is 6.03. The number of sulfonamides is 1. The molecule has 0 bridgehead atoms. The van der Waals surface area contributed by atoms with E-state index in [9.17, 15) is 8.42 Å². The van der Waals surface area contributed by atoms with Gasteiger partial charge in [0.1, 0.15) is 5.75 Å². The minimum absolute atomic E-state index is 0. The van der Waals surface area contributed by atoms with E-state index in [4.69, 9.17) is 4.74 Å². The van der Waals surface area contributed by atoms with Crippen molar-refractivity contribution in [2.45, 2.75) is 26.8 Å². The van der Waals surface area contributed by atoms with Gasteiger partial charge in [-0.2, -0.15) is 0 Å². The number of nitrogens with zero attached hydrogens (tertiary/aromatic N) is 2. The van der Waals surface area contributed by atoms with Crippen molar-refractivity contribution in [2.24, 2.45) is 4.99 Å². The fourth-order valence-corrected chi connectivity index (χ4v) is 3.06. The molecule has 150 valence electrons. The van der Waals surface area contributed by atoms with Crippen LogP contribution in [0, 0.1) is 0 Å². The molecule has 7 nitrogen and oxygen atoms in total. The van der Waals surface area contributed by atoms with Gasteiger partial charge < -0.3 is 15.4 Å². The van der Waals surface area contributed by atoms with Crippen LogP contribution < -0.4 is 15.4 Å².